The normalized spacial score (nSPS) is 19.6. The summed E-state index contributed by atoms with van der Waals surface area (Å²) in [6.45, 7) is 2.64. The minimum absolute atomic E-state index is 0.195. The summed E-state index contributed by atoms with van der Waals surface area (Å²) in [7, 11) is 0. The lowest BCUT2D eigenvalue weighted by Gasteiger charge is -2.18. The van der Waals surface area contributed by atoms with Crippen LogP contribution in [0.3, 0.4) is 0 Å². The van der Waals surface area contributed by atoms with Crippen molar-refractivity contribution in [1.82, 2.24) is 5.32 Å². The first-order valence-corrected chi connectivity index (χ1v) is 12.8. The molecule has 0 bridgehead atoms. The summed E-state index contributed by atoms with van der Waals surface area (Å²) in [5.41, 5.74) is 2.99. The number of thiophene rings is 1. The molecule has 0 radical (unpaired) electrons. The molecule has 0 saturated carbocycles. The van der Waals surface area contributed by atoms with Crippen molar-refractivity contribution >= 4 is 46.4 Å². The Labute approximate surface area is 213 Å². The number of aryl methyl sites for hydroxylation is 2. The van der Waals surface area contributed by atoms with Gasteiger partial charge in [-0.25, -0.2) is 4.79 Å². The molecular formula is C26H27ClN2O5S. The summed E-state index contributed by atoms with van der Waals surface area (Å²) >= 11 is 7.08. The molecule has 1 aromatic heterocycles. The molecule has 1 fully saturated rings. The van der Waals surface area contributed by atoms with Gasteiger partial charge in [0.15, 0.2) is 5.76 Å². The standard InChI is InChI=1S/C26H27ClN2O5S/c1-2-4-18-13-19(10-9-16(18)7-8-17-5-3-6-21(30)24(17)31)29-15-20(34-26(29)33)14-28-25(32)22-11-12-23(27)35-22/h3,5-6,9-13,17,20,30H,2,4,7-8,14-15H2,1H3,(H,28,32)/t17?,20-/m0/s1. The van der Waals surface area contributed by atoms with Crippen molar-refractivity contribution in [1.29, 1.82) is 0 Å². The maximum absolute atomic E-state index is 12.6. The Balaban J connectivity index is 1.39. The number of anilines is 1. The Hall–Kier alpha value is -3.10. The second-order valence-electron chi connectivity index (χ2n) is 8.58. The van der Waals surface area contributed by atoms with E-state index in [4.69, 9.17) is 16.3 Å². The first-order chi connectivity index (χ1) is 16.9. The van der Waals surface area contributed by atoms with Crippen LogP contribution in [0.4, 0.5) is 10.5 Å². The van der Waals surface area contributed by atoms with Gasteiger partial charge in [-0.1, -0.05) is 43.2 Å². The average Bonchev–Trinajstić information content (AvgIpc) is 3.44. The minimum atomic E-state index is -0.457. The first kappa shape index (κ1) is 25.0. The van der Waals surface area contributed by atoms with Crippen LogP contribution in [0.1, 0.15) is 40.6 Å². The van der Waals surface area contributed by atoms with Crippen LogP contribution in [-0.4, -0.2) is 42.1 Å². The predicted octanol–water partition coefficient (Wildman–Crippen LogP) is 5.24. The topological polar surface area (TPSA) is 95.9 Å². The maximum atomic E-state index is 12.6. The molecule has 9 heteroatoms. The molecule has 7 nitrogen and oxygen atoms in total. The van der Waals surface area contributed by atoms with Crippen molar-refractivity contribution in [2.45, 2.75) is 38.7 Å². The van der Waals surface area contributed by atoms with Crippen molar-refractivity contribution in [2.24, 2.45) is 5.92 Å². The third-order valence-corrected chi connectivity index (χ3v) is 7.32. The molecule has 2 heterocycles. The summed E-state index contributed by atoms with van der Waals surface area (Å²) < 4.78 is 6.01. The number of ketones is 1. The van der Waals surface area contributed by atoms with Crippen molar-refractivity contribution in [2.75, 3.05) is 18.0 Å². The Bertz CT molecular complexity index is 1190. The number of cyclic esters (lactones) is 1. The van der Waals surface area contributed by atoms with Crippen LogP contribution in [0.5, 0.6) is 0 Å². The fourth-order valence-corrected chi connectivity index (χ4v) is 5.23. The highest BCUT2D eigenvalue weighted by Crippen LogP contribution is 2.28. The smallest absolute Gasteiger partial charge is 0.414 e. The number of aliphatic hydroxyl groups is 1. The van der Waals surface area contributed by atoms with E-state index in [2.05, 4.69) is 12.2 Å². The fourth-order valence-electron chi connectivity index (χ4n) is 4.27. The quantitative estimate of drug-likeness (QED) is 0.477. The average molecular weight is 515 g/mol. The number of amides is 2. The van der Waals surface area contributed by atoms with Crippen LogP contribution in [0.25, 0.3) is 0 Å². The second kappa shape index (κ2) is 11.1. The van der Waals surface area contributed by atoms with E-state index in [0.717, 1.165) is 29.7 Å². The lowest BCUT2D eigenvalue weighted by molar-refractivity contribution is -0.120. The molecule has 1 unspecified atom stereocenters. The summed E-state index contributed by atoms with van der Waals surface area (Å²) in [4.78, 5) is 39.1. The Morgan fingerprint density at radius 1 is 1.23 bits per heavy atom. The largest absolute Gasteiger partial charge is 0.504 e. The SMILES string of the molecule is CCCc1cc(N2C[C@H](CNC(=O)c3ccc(Cl)s3)OC2=O)ccc1CCC1C=CC=C(O)C1=O. The van der Waals surface area contributed by atoms with Gasteiger partial charge in [-0.05, 0) is 60.7 Å². The summed E-state index contributed by atoms with van der Waals surface area (Å²) in [6, 6.07) is 9.22. The highest BCUT2D eigenvalue weighted by molar-refractivity contribution is 7.18. The van der Waals surface area contributed by atoms with Gasteiger partial charge in [0.2, 0.25) is 5.78 Å². The number of carbonyl (C=O) groups excluding carboxylic acids is 3. The van der Waals surface area contributed by atoms with Crippen LogP contribution in [0, 0.1) is 5.92 Å². The molecule has 1 aliphatic carbocycles. The second-order valence-corrected chi connectivity index (χ2v) is 10.3. The van der Waals surface area contributed by atoms with Gasteiger partial charge in [-0.2, -0.15) is 0 Å². The third kappa shape index (κ3) is 5.94. The van der Waals surface area contributed by atoms with E-state index in [1.165, 1.54) is 17.4 Å². The van der Waals surface area contributed by atoms with E-state index in [-0.39, 0.29) is 29.9 Å². The zero-order valence-electron chi connectivity index (χ0n) is 19.3. The van der Waals surface area contributed by atoms with Gasteiger partial charge in [-0.3, -0.25) is 14.5 Å². The van der Waals surface area contributed by atoms with E-state index >= 15 is 0 Å². The lowest BCUT2D eigenvalue weighted by atomic mass is 9.89. The molecule has 2 aromatic rings. The van der Waals surface area contributed by atoms with Crippen molar-refractivity contribution in [3.63, 3.8) is 0 Å². The van der Waals surface area contributed by atoms with E-state index < -0.39 is 12.2 Å². The molecule has 0 spiro atoms. The van der Waals surface area contributed by atoms with E-state index in [1.54, 1.807) is 23.1 Å². The van der Waals surface area contributed by atoms with Crippen molar-refractivity contribution < 1.29 is 24.2 Å². The molecule has 2 atom stereocenters. The van der Waals surface area contributed by atoms with Gasteiger partial charge in [0.25, 0.3) is 5.91 Å². The van der Waals surface area contributed by atoms with Crippen LogP contribution < -0.4 is 10.2 Å². The Kier molecular flexibility index (Phi) is 7.93. The maximum Gasteiger partial charge on any atom is 0.414 e. The van der Waals surface area contributed by atoms with Crippen molar-refractivity contribution in [3.8, 4) is 0 Å². The van der Waals surface area contributed by atoms with Gasteiger partial charge >= 0.3 is 6.09 Å². The summed E-state index contributed by atoms with van der Waals surface area (Å²) in [6.07, 6.45) is 7.12. The number of benzene rings is 1. The van der Waals surface area contributed by atoms with E-state index in [1.807, 2.05) is 24.3 Å². The fraction of sp³-hybridized carbons (Fsp3) is 0.346. The minimum Gasteiger partial charge on any atom is -0.504 e. The highest BCUT2D eigenvalue weighted by Gasteiger charge is 2.33. The Morgan fingerprint density at radius 2 is 2.06 bits per heavy atom. The van der Waals surface area contributed by atoms with E-state index in [9.17, 15) is 19.5 Å². The molecule has 2 amide bonds. The number of nitrogens with zero attached hydrogens (tertiary/aromatic N) is 1. The highest BCUT2D eigenvalue weighted by atomic mass is 35.5. The van der Waals surface area contributed by atoms with Gasteiger partial charge in [0, 0.05) is 11.6 Å². The van der Waals surface area contributed by atoms with Crippen LogP contribution in [0.2, 0.25) is 4.34 Å². The number of halogens is 1. The number of hydrogen-bond acceptors (Lipinski definition) is 6. The number of nitrogens with one attached hydrogen (secondary N) is 1. The number of Topliss-reactive ketones (excluding diaryl/α,β-unsaturated/α-hetero) is 1. The predicted molar refractivity (Wildman–Crippen MR) is 136 cm³/mol. The molecule has 4 rings (SSSR count). The van der Waals surface area contributed by atoms with Crippen LogP contribution >= 0.6 is 22.9 Å². The van der Waals surface area contributed by atoms with Crippen LogP contribution in [-0.2, 0) is 22.4 Å². The van der Waals surface area contributed by atoms with Gasteiger partial charge in [-0.15, -0.1) is 11.3 Å². The van der Waals surface area contributed by atoms with Crippen LogP contribution in [0.15, 0.2) is 54.3 Å². The zero-order valence-corrected chi connectivity index (χ0v) is 20.9. The molecule has 2 aliphatic rings. The molecule has 2 N–H and O–H groups in total. The molecule has 35 heavy (non-hydrogen) atoms. The number of carbonyl (C=O) groups is 3. The number of hydrogen-bond donors (Lipinski definition) is 2. The van der Waals surface area contributed by atoms with Gasteiger partial charge in [0.1, 0.15) is 6.10 Å². The number of aliphatic hydroxyl groups excluding tert-OH is 1. The lowest BCUT2D eigenvalue weighted by Crippen LogP contribution is -2.34. The number of ether oxygens (including phenoxy) is 1. The Morgan fingerprint density at radius 3 is 2.80 bits per heavy atom. The molecule has 1 saturated heterocycles. The monoisotopic (exact) mass is 514 g/mol. The number of allylic oxidation sites excluding steroid dienone is 4. The van der Waals surface area contributed by atoms with Gasteiger partial charge < -0.3 is 15.2 Å². The zero-order chi connectivity index (χ0) is 24.9. The molecule has 184 valence electrons. The van der Waals surface area contributed by atoms with Gasteiger partial charge in [0.05, 0.1) is 22.3 Å². The third-order valence-electron chi connectivity index (χ3n) is 6.09. The first-order valence-electron chi connectivity index (χ1n) is 11.6. The number of rotatable bonds is 9. The molecular weight excluding hydrogens is 488 g/mol. The summed E-state index contributed by atoms with van der Waals surface area (Å²) in [5, 5.41) is 12.5. The molecule has 1 aromatic carbocycles. The molecule has 1 aliphatic heterocycles. The van der Waals surface area contributed by atoms with Crippen molar-refractivity contribution in [3.05, 3.63) is 74.7 Å². The van der Waals surface area contributed by atoms with E-state index in [0.29, 0.717) is 28.6 Å². The summed E-state index contributed by atoms with van der Waals surface area (Å²) in [5.74, 6) is -1.02.